The van der Waals surface area contributed by atoms with E-state index >= 15 is 0 Å². The molecule has 6 aliphatic carbocycles. The van der Waals surface area contributed by atoms with Crippen molar-refractivity contribution in [2.24, 2.45) is 62.9 Å². The van der Waals surface area contributed by atoms with Crippen molar-refractivity contribution in [1.29, 1.82) is 0 Å². The van der Waals surface area contributed by atoms with Crippen molar-refractivity contribution in [2.75, 3.05) is 13.1 Å². The number of carboxylic acid groups (broad SMARTS) is 1. The Hall–Kier alpha value is -1.63. The molecule has 0 bridgehead atoms. The van der Waals surface area contributed by atoms with Crippen molar-refractivity contribution in [3.8, 4) is 0 Å². The highest BCUT2D eigenvalue weighted by molar-refractivity contribution is 5.84. The number of amides is 1. The van der Waals surface area contributed by atoms with Gasteiger partial charge in [0.2, 0.25) is 5.91 Å². The van der Waals surface area contributed by atoms with E-state index in [0.717, 1.165) is 57.5 Å². The minimum absolute atomic E-state index is 0. The molecule has 1 saturated heterocycles. The van der Waals surface area contributed by atoms with Crippen LogP contribution in [0, 0.1) is 57.2 Å². The normalized spacial score (nSPS) is 43.5. The average molecular weight is 671 g/mol. The number of rotatable bonds is 5. The molecule has 0 aromatic carbocycles. The summed E-state index contributed by atoms with van der Waals surface area (Å²) in [5, 5.41) is 9.50. The van der Waals surface area contributed by atoms with E-state index in [1.165, 1.54) is 64.2 Å². The predicted octanol–water partition coefficient (Wildman–Crippen LogP) is 8.62. The number of nitrogens with zero attached hydrogens (tertiary/aromatic N) is 1. The number of aliphatic carboxylic acids is 1. The highest BCUT2D eigenvalue weighted by atomic mass is 16.5. The molecule has 0 aromatic rings. The van der Waals surface area contributed by atoms with Gasteiger partial charge in [-0.3, -0.25) is 14.4 Å². The van der Waals surface area contributed by atoms with Crippen LogP contribution in [0.5, 0.6) is 0 Å². The summed E-state index contributed by atoms with van der Waals surface area (Å²) in [7, 11) is 0. The fourth-order valence-electron chi connectivity index (χ4n) is 12.7. The Morgan fingerprint density at radius 2 is 1.44 bits per heavy atom. The molecule has 0 spiro atoms. The summed E-state index contributed by atoms with van der Waals surface area (Å²) in [5.74, 6) is 2.86. The third kappa shape index (κ3) is 6.38. The van der Waals surface area contributed by atoms with Gasteiger partial charge in [-0.05, 0) is 151 Å². The lowest BCUT2D eigenvalue weighted by molar-refractivity contribution is -0.208. The molecule has 1 aliphatic heterocycles. The van der Waals surface area contributed by atoms with E-state index in [1.807, 2.05) is 0 Å². The molecule has 7 fully saturated rings. The maximum Gasteiger partial charge on any atom is 0.309 e. The van der Waals surface area contributed by atoms with Gasteiger partial charge in [0.15, 0.2) is 0 Å². The highest BCUT2D eigenvalue weighted by Crippen LogP contribution is 2.72. The Kier molecular flexibility index (Phi) is 10.6. The van der Waals surface area contributed by atoms with Crippen LogP contribution in [-0.2, 0) is 19.1 Å². The maximum atomic E-state index is 14.2. The van der Waals surface area contributed by atoms with E-state index in [1.54, 1.807) is 13.8 Å². The predicted molar refractivity (Wildman–Crippen MR) is 191 cm³/mol. The summed E-state index contributed by atoms with van der Waals surface area (Å²) in [4.78, 5) is 40.9. The molecule has 0 aromatic heterocycles. The van der Waals surface area contributed by atoms with E-state index in [0.29, 0.717) is 29.6 Å². The number of carboxylic acids is 1. The number of fused-ring (bicyclic) bond motifs is 7. The molecule has 7 nitrogen and oxygen atoms in total. The molecular formula is C41H70N2O5. The van der Waals surface area contributed by atoms with Gasteiger partial charge < -0.3 is 20.5 Å². The van der Waals surface area contributed by atoms with Crippen LogP contribution in [0.3, 0.4) is 0 Å². The van der Waals surface area contributed by atoms with E-state index < -0.39 is 29.0 Å². The van der Waals surface area contributed by atoms with E-state index in [4.69, 9.17) is 10.5 Å². The SMILES string of the molecule is C.CC(C)(CC(=O)OC1CCC2(C)C(CCC3(C)C4CCC5(C(=O)N6CCCCC6)CCCC5C4CCC32)C1(C)N)C(=O)O.CC1CC1. The molecule has 1 amide bonds. The van der Waals surface area contributed by atoms with Crippen molar-refractivity contribution < 1.29 is 24.2 Å². The second kappa shape index (κ2) is 13.5. The van der Waals surface area contributed by atoms with Gasteiger partial charge in [0, 0.05) is 13.1 Å². The van der Waals surface area contributed by atoms with E-state index in [-0.39, 0.29) is 36.0 Å². The largest absolute Gasteiger partial charge is 0.481 e. The van der Waals surface area contributed by atoms with Crippen LogP contribution in [0.2, 0.25) is 0 Å². The summed E-state index contributed by atoms with van der Waals surface area (Å²) >= 11 is 0. The zero-order valence-electron chi connectivity index (χ0n) is 30.6. The Morgan fingerprint density at radius 1 is 0.792 bits per heavy atom. The van der Waals surface area contributed by atoms with Crippen molar-refractivity contribution in [1.82, 2.24) is 4.90 Å². The fourth-order valence-corrected chi connectivity index (χ4v) is 12.7. The number of esters is 1. The van der Waals surface area contributed by atoms with Gasteiger partial charge in [0.25, 0.3) is 0 Å². The lowest BCUT2D eigenvalue weighted by Crippen LogP contribution is -2.69. The van der Waals surface area contributed by atoms with Gasteiger partial charge in [0.1, 0.15) is 6.10 Å². The topological polar surface area (TPSA) is 110 Å². The van der Waals surface area contributed by atoms with Gasteiger partial charge in [-0.2, -0.15) is 0 Å². The minimum atomic E-state index is -1.16. The molecule has 48 heavy (non-hydrogen) atoms. The van der Waals surface area contributed by atoms with Crippen LogP contribution in [0.15, 0.2) is 0 Å². The van der Waals surface area contributed by atoms with Crippen LogP contribution in [-0.4, -0.2) is 52.6 Å². The molecule has 7 heteroatoms. The molecular weight excluding hydrogens is 600 g/mol. The number of carbonyl (C=O) groups is 3. The zero-order chi connectivity index (χ0) is 34.0. The number of carbonyl (C=O) groups excluding carboxylic acids is 2. The summed E-state index contributed by atoms with van der Waals surface area (Å²) < 4.78 is 6.00. The number of ether oxygens (including phenoxy) is 1. The summed E-state index contributed by atoms with van der Waals surface area (Å²) in [6.45, 7) is 14.5. The third-order valence-corrected chi connectivity index (χ3v) is 15.5. The maximum absolute atomic E-state index is 14.2. The lowest BCUT2D eigenvalue weighted by atomic mass is 9.37. The second-order valence-electron chi connectivity index (χ2n) is 19.0. The summed E-state index contributed by atoms with van der Waals surface area (Å²) in [6, 6.07) is 0. The monoisotopic (exact) mass is 671 g/mol. The number of hydrogen-bond donors (Lipinski definition) is 2. The van der Waals surface area contributed by atoms with Gasteiger partial charge in [-0.1, -0.05) is 47.5 Å². The summed E-state index contributed by atoms with van der Waals surface area (Å²) in [5.41, 5.74) is 5.61. The van der Waals surface area contributed by atoms with Crippen LogP contribution in [0.25, 0.3) is 0 Å². The standard InChI is InChI=1S/C36H58N2O5.C4H8.CH4/c1-32(2,31(41)42)22-29(39)43-28-15-18-34(4)26-12-11-23-24(33(26,3)17-14-27(34)35(28,5)37)13-19-36(16-9-10-25(23)36)30(40)38-20-7-6-8-21-38;1-4-2-3-4;/h23-28H,6-22,37H2,1-5H3,(H,41,42);4H,2-3H2,1H3;1H4. The molecule has 10 unspecified atom stereocenters. The first-order valence-corrected chi connectivity index (χ1v) is 19.6. The molecule has 274 valence electrons. The van der Waals surface area contributed by atoms with Crippen molar-refractivity contribution in [3.05, 3.63) is 0 Å². The fraction of sp³-hybridized carbons (Fsp3) is 0.927. The lowest BCUT2D eigenvalue weighted by Gasteiger charge is -2.69. The summed E-state index contributed by atoms with van der Waals surface area (Å²) in [6.07, 6.45) is 18.2. The van der Waals surface area contributed by atoms with E-state index in [9.17, 15) is 19.5 Å². The third-order valence-electron chi connectivity index (χ3n) is 15.5. The Bertz CT molecular complexity index is 1210. The molecule has 7 aliphatic rings. The van der Waals surface area contributed by atoms with Crippen LogP contribution in [0.1, 0.15) is 158 Å². The Morgan fingerprint density at radius 3 is 2.06 bits per heavy atom. The number of nitrogens with two attached hydrogens (primary N) is 1. The highest BCUT2D eigenvalue weighted by Gasteiger charge is 2.68. The number of hydrogen-bond acceptors (Lipinski definition) is 5. The van der Waals surface area contributed by atoms with Crippen LogP contribution < -0.4 is 5.73 Å². The number of piperidine rings is 1. The number of likely N-dealkylation sites (tertiary alicyclic amines) is 1. The zero-order valence-corrected chi connectivity index (χ0v) is 30.6. The molecule has 10 atom stereocenters. The minimum Gasteiger partial charge on any atom is -0.481 e. The first-order chi connectivity index (χ1) is 22.1. The first kappa shape index (κ1) is 37.6. The van der Waals surface area contributed by atoms with Crippen molar-refractivity contribution in [3.63, 3.8) is 0 Å². The molecule has 6 saturated carbocycles. The second-order valence-corrected chi connectivity index (χ2v) is 19.0. The first-order valence-electron chi connectivity index (χ1n) is 19.6. The van der Waals surface area contributed by atoms with Crippen LogP contribution >= 0.6 is 0 Å². The Labute approximate surface area is 292 Å². The van der Waals surface area contributed by atoms with Gasteiger partial charge in [0.05, 0.1) is 22.8 Å². The average Bonchev–Trinajstić information content (AvgIpc) is 3.67. The van der Waals surface area contributed by atoms with Crippen LogP contribution in [0.4, 0.5) is 0 Å². The molecule has 0 radical (unpaired) electrons. The molecule has 1 heterocycles. The van der Waals surface area contributed by atoms with Crippen molar-refractivity contribution in [2.45, 2.75) is 170 Å². The van der Waals surface area contributed by atoms with Gasteiger partial charge >= 0.3 is 11.9 Å². The quantitative estimate of drug-likeness (QED) is 0.284. The van der Waals surface area contributed by atoms with Gasteiger partial charge in [-0.15, -0.1) is 0 Å². The molecule has 3 N–H and O–H groups in total. The smallest absolute Gasteiger partial charge is 0.309 e. The van der Waals surface area contributed by atoms with E-state index in [2.05, 4.69) is 32.6 Å². The molecule has 7 rings (SSSR count). The van der Waals surface area contributed by atoms with Gasteiger partial charge in [-0.25, -0.2) is 0 Å². The van der Waals surface area contributed by atoms with Crippen molar-refractivity contribution >= 4 is 17.8 Å². The Balaban J connectivity index is 0.000000840.